The van der Waals surface area contributed by atoms with Gasteiger partial charge in [-0.05, 0) is 48.5 Å². The Kier molecular flexibility index (Phi) is 5.15. The number of rotatable bonds is 5. The SMILES string of the molecule is COc1ccc(N(CC(=O)c2ccc(F)cc2)C2=NCCS2)cc1. The predicted molar refractivity (Wildman–Crippen MR) is 95.8 cm³/mol. The molecule has 4 nitrogen and oxygen atoms in total. The van der Waals surface area contributed by atoms with Crippen LogP contribution < -0.4 is 9.64 Å². The molecule has 0 saturated carbocycles. The van der Waals surface area contributed by atoms with Gasteiger partial charge in [0.05, 0.1) is 20.2 Å². The van der Waals surface area contributed by atoms with Crippen LogP contribution in [0.15, 0.2) is 53.5 Å². The first-order valence-corrected chi connectivity index (χ1v) is 8.53. The molecule has 2 aromatic carbocycles. The number of thioether (sulfide) groups is 1. The van der Waals surface area contributed by atoms with Gasteiger partial charge in [0.25, 0.3) is 0 Å². The minimum absolute atomic E-state index is 0.0824. The topological polar surface area (TPSA) is 41.9 Å². The van der Waals surface area contributed by atoms with Crippen LogP contribution in [0.5, 0.6) is 5.75 Å². The highest BCUT2D eigenvalue weighted by atomic mass is 32.2. The molecule has 0 atom stereocenters. The first-order valence-electron chi connectivity index (χ1n) is 7.55. The molecule has 0 unspecified atom stereocenters. The number of ether oxygens (including phenoxy) is 1. The second kappa shape index (κ2) is 7.49. The van der Waals surface area contributed by atoms with Crippen molar-refractivity contribution in [1.82, 2.24) is 0 Å². The molecule has 0 saturated heterocycles. The number of carbonyl (C=O) groups excluding carboxylic acids is 1. The van der Waals surface area contributed by atoms with E-state index in [0.29, 0.717) is 5.56 Å². The summed E-state index contributed by atoms with van der Waals surface area (Å²) in [5.41, 5.74) is 1.36. The molecule has 0 spiro atoms. The summed E-state index contributed by atoms with van der Waals surface area (Å²) in [6, 6.07) is 13.1. The third-order valence-corrected chi connectivity index (χ3v) is 4.65. The fraction of sp³-hybridized carbons (Fsp3) is 0.222. The molecule has 0 N–H and O–H groups in total. The number of hydrogen-bond acceptors (Lipinski definition) is 5. The van der Waals surface area contributed by atoms with Gasteiger partial charge in [0.2, 0.25) is 0 Å². The molecule has 0 aromatic heterocycles. The van der Waals surface area contributed by atoms with Crippen LogP contribution in [0, 0.1) is 5.82 Å². The van der Waals surface area contributed by atoms with Gasteiger partial charge < -0.3 is 9.64 Å². The van der Waals surface area contributed by atoms with Gasteiger partial charge in [-0.2, -0.15) is 0 Å². The summed E-state index contributed by atoms with van der Waals surface area (Å²) in [5.74, 6) is 1.23. The normalized spacial score (nSPS) is 13.5. The van der Waals surface area contributed by atoms with Crippen molar-refractivity contribution in [2.45, 2.75) is 0 Å². The van der Waals surface area contributed by atoms with E-state index < -0.39 is 0 Å². The molecule has 0 amide bonds. The Morgan fingerprint density at radius 3 is 2.50 bits per heavy atom. The quantitative estimate of drug-likeness (QED) is 0.777. The van der Waals surface area contributed by atoms with Crippen LogP contribution in [-0.4, -0.2) is 36.9 Å². The van der Waals surface area contributed by atoms with Crippen molar-refractivity contribution in [3.63, 3.8) is 0 Å². The lowest BCUT2D eigenvalue weighted by atomic mass is 10.1. The Bertz CT molecular complexity index is 745. The molecule has 2 aromatic rings. The third-order valence-electron chi connectivity index (χ3n) is 3.65. The Morgan fingerprint density at radius 1 is 1.21 bits per heavy atom. The Morgan fingerprint density at radius 2 is 1.92 bits per heavy atom. The molecule has 0 bridgehead atoms. The van der Waals surface area contributed by atoms with E-state index in [9.17, 15) is 9.18 Å². The van der Waals surface area contributed by atoms with Crippen molar-refractivity contribution in [3.05, 3.63) is 59.9 Å². The molecule has 1 heterocycles. The van der Waals surface area contributed by atoms with Crippen LogP contribution in [0.4, 0.5) is 10.1 Å². The minimum atomic E-state index is -0.353. The van der Waals surface area contributed by atoms with Gasteiger partial charge in [-0.25, -0.2) is 4.39 Å². The largest absolute Gasteiger partial charge is 0.497 e. The highest BCUT2D eigenvalue weighted by Gasteiger charge is 2.21. The molecule has 124 valence electrons. The van der Waals surface area contributed by atoms with Crippen LogP contribution in [-0.2, 0) is 0 Å². The van der Waals surface area contributed by atoms with Crippen molar-refractivity contribution >= 4 is 28.4 Å². The summed E-state index contributed by atoms with van der Waals surface area (Å²) < 4.78 is 18.2. The fourth-order valence-electron chi connectivity index (χ4n) is 2.39. The number of carbonyl (C=O) groups is 1. The van der Waals surface area contributed by atoms with Gasteiger partial charge in [-0.1, -0.05) is 11.8 Å². The van der Waals surface area contributed by atoms with Crippen LogP contribution >= 0.6 is 11.8 Å². The van der Waals surface area contributed by atoms with Crippen LogP contribution in [0.3, 0.4) is 0 Å². The highest BCUT2D eigenvalue weighted by Crippen LogP contribution is 2.25. The second-order valence-corrected chi connectivity index (χ2v) is 6.29. The van der Waals surface area contributed by atoms with Gasteiger partial charge in [0, 0.05) is 17.0 Å². The second-order valence-electron chi connectivity index (χ2n) is 5.23. The van der Waals surface area contributed by atoms with Crippen molar-refractivity contribution < 1.29 is 13.9 Å². The number of methoxy groups -OCH3 is 1. The molecule has 6 heteroatoms. The number of amidine groups is 1. The summed E-state index contributed by atoms with van der Waals surface area (Å²) in [7, 11) is 1.61. The van der Waals surface area contributed by atoms with Gasteiger partial charge in [0.15, 0.2) is 11.0 Å². The van der Waals surface area contributed by atoms with Gasteiger partial charge in [0.1, 0.15) is 11.6 Å². The fourth-order valence-corrected chi connectivity index (χ4v) is 3.26. The molecule has 24 heavy (non-hydrogen) atoms. The maximum Gasteiger partial charge on any atom is 0.182 e. The lowest BCUT2D eigenvalue weighted by Gasteiger charge is -2.23. The summed E-state index contributed by atoms with van der Waals surface area (Å²) in [6.45, 7) is 0.904. The monoisotopic (exact) mass is 344 g/mol. The standard InChI is InChI=1S/C18H17FN2O2S/c1-23-16-8-6-15(7-9-16)21(18-20-10-11-24-18)12-17(22)13-2-4-14(19)5-3-13/h2-9H,10-12H2,1H3. The number of Topliss-reactive ketones (excluding diaryl/α,β-unsaturated/α-hetero) is 1. The average Bonchev–Trinajstić information content (AvgIpc) is 3.14. The van der Waals surface area contributed by atoms with Crippen molar-refractivity contribution in [2.24, 2.45) is 4.99 Å². The number of nitrogens with zero attached hydrogens (tertiary/aromatic N) is 2. The number of aliphatic imine (C=N–C) groups is 1. The molecular formula is C18H17FN2O2S. The number of halogens is 1. The van der Waals surface area contributed by atoms with Crippen molar-refractivity contribution in [1.29, 1.82) is 0 Å². The first kappa shape index (κ1) is 16.5. The molecule has 0 radical (unpaired) electrons. The molecule has 0 aliphatic carbocycles. The summed E-state index contributed by atoms with van der Waals surface area (Å²) in [6.07, 6.45) is 0. The average molecular weight is 344 g/mol. The van der Waals surface area contributed by atoms with E-state index in [4.69, 9.17) is 4.74 Å². The Labute approximate surface area is 144 Å². The van der Waals surface area contributed by atoms with E-state index in [1.165, 1.54) is 24.3 Å². The minimum Gasteiger partial charge on any atom is -0.497 e. The number of benzene rings is 2. The lowest BCUT2D eigenvalue weighted by molar-refractivity contribution is 0.100. The van der Waals surface area contributed by atoms with E-state index in [1.54, 1.807) is 18.9 Å². The molecule has 1 aliphatic heterocycles. The molecular weight excluding hydrogens is 327 g/mol. The van der Waals surface area contributed by atoms with Crippen LogP contribution in [0.2, 0.25) is 0 Å². The van der Waals surface area contributed by atoms with Gasteiger partial charge in [-0.15, -0.1) is 0 Å². The maximum atomic E-state index is 13.0. The molecule has 1 aliphatic rings. The van der Waals surface area contributed by atoms with E-state index in [-0.39, 0.29) is 18.1 Å². The van der Waals surface area contributed by atoms with Crippen LogP contribution in [0.25, 0.3) is 0 Å². The number of anilines is 1. The van der Waals surface area contributed by atoms with Gasteiger partial charge >= 0.3 is 0 Å². The number of ketones is 1. The predicted octanol–water partition coefficient (Wildman–Crippen LogP) is 3.63. The molecule has 0 fully saturated rings. The van der Waals surface area contributed by atoms with Crippen molar-refractivity contribution in [2.75, 3.05) is 30.9 Å². The smallest absolute Gasteiger partial charge is 0.182 e. The zero-order chi connectivity index (χ0) is 16.9. The maximum absolute atomic E-state index is 13.0. The Balaban J connectivity index is 1.84. The van der Waals surface area contributed by atoms with E-state index in [1.807, 2.05) is 29.2 Å². The Hall–Kier alpha value is -2.34. The zero-order valence-corrected chi connectivity index (χ0v) is 14.1. The third kappa shape index (κ3) is 3.76. The van der Waals surface area contributed by atoms with Gasteiger partial charge in [-0.3, -0.25) is 9.79 Å². The van der Waals surface area contributed by atoms with Crippen molar-refractivity contribution in [3.8, 4) is 5.75 Å². The van der Waals surface area contributed by atoms with E-state index in [0.717, 1.165) is 28.9 Å². The zero-order valence-electron chi connectivity index (χ0n) is 13.2. The summed E-state index contributed by atoms with van der Waals surface area (Å²) in [4.78, 5) is 18.9. The molecule has 3 rings (SSSR count). The van der Waals surface area contributed by atoms with E-state index in [2.05, 4.69) is 4.99 Å². The summed E-state index contributed by atoms with van der Waals surface area (Å²) >= 11 is 1.63. The van der Waals surface area contributed by atoms with E-state index >= 15 is 0 Å². The highest BCUT2D eigenvalue weighted by molar-refractivity contribution is 8.14. The number of hydrogen-bond donors (Lipinski definition) is 0. The van der Waals surface area contributed by atoms with Crippen LogP contribution in [0.1, 0.15) is 10.4 Å². The lowest BCUT2D eigenvalue weighted by Crippen LogP contribution is -2.33. The first-order chi connectivity index (χ1) is 11.7. The summed E-state index contributed by atoms with van der Waals surface area (Å²) in [5, 5.41) is 0.829.